The summed E-state index contributed by atoms with van der Waals surface area (Å²) in [5.74, 6) is 0. The molecular weight excluding hydrogens is 899 g/mol. The van der Waals surface area contributed by atoms with Gasteiger partial charge in [-0.15, -0.1) is 11.3 Å². The molecule has 14 rings (SSSR count). The lowest BCUT2D eigenvalue weighted by molar-refractivity contribution is 0.769. The van der Waals surface area contributed by atoms with E-state index in [4.69, 9.17) is 0 Å². The van der Waals surface area contributed by atoms with Crippen molar-refractivity contribution in [3.8, 4) is 55.6 Å². The molecule has 1 nitrogen and oxygen atoms in total. The number of rotatable bonds is 9. The number of benzene rings is 12. The molecule has 0 unspecified atom stereocenters. The molecule has 342 valence electrons. The third-order valence-electron chi connectivity index (χ3n) is 15.2. The molecule has 73 heavy (non-hydrogen) atoms. The zero-order valence-corrected chi connectivity index (χ0v) is 40.8. The first-order valence-electron chi connectivity index (χ1n) is 25.2. The summed E-state index contributed by atoms with van der Waals surface area (Å²) in [6.07, 6.45) is 0. The maximum Gasteiger partial charge on any atom is 0.0713 e. The van der Waals surface area contributed by atoms with Crippen LogP contribution in [-0.2, 0) is 5.41 Å². The van der Waals surface area contributed by atoms with Crippen molar-refractivity contribution in [3.63, 3.8) is 0 Å². The molecule has 13 aromatic rings. The molecule has 1 aliphatic carbocycles. The molecule has 0 fully saturated rings. The summed E-state index contributed by atoms with van der Waals surface area (Å²) in [7, 11) is 0. The zero-order chi connectivity index (χ0) is 48.3. The Bertz CT molecular complexity index is 4110. The summed E-state index contributed by atoms with van der Waals surface area (Å²) in [5, 5.41) is 5.05. The lowest BCUT2D eigenvalue weighted by Crippen LogP contribution is -2.28. The topological polar surface area (TPSA) is 3.24 Å². The summed E-state index contributed by atoms with van der Waals surface area (Å²) >= 11 is 1.88. The van der Waals surface area contributed by atoms with Crippen LogP contribution < -0.4 is 4.90 Å². The van der Waals surface area contributed by atoms with E-state index in [2.05, 4.69) is 290 Å². The van der Waals surface area contributed by atoms with Crippen molar-refractivity contribution in [2.45, 2.75) is 5.41 Å². The van der Waals surface area contributed by atoms with Crippen LogP contribution in [0.25, 0.3) is 86.6 Å². The van der Waals surface area contributed by atoms with Crippen LogP contribution in [-0.4, -0.2) is 0 Å². The Morgan fingerprint density at radius 2 is 0.781 bits per heavy atom. The summed E-state index contributed by atoms with van der Waals surface area (Å²) in [4.78, 5) is 2.46. The molecule has 1 heterocycles. The molecule has 0 saturated heterocycles. The predicted octanol–water partition coefficient (Wildman–Crippen LogP) is 19.7. The highest BCUT2D eigenvalue weighted by Crippen LogP contribution is 2.57. The molecule has 0 atom stereocenters. The first-order chi connectivity index (χ1) is 36.2. The van der Waals surface area contributed by atoms with Crippen molar-refractivity contribution in [2.75, 3.05) is 4.90 Å². The SMILES string of the molecule is c1ccc(-c2ccc(N(c3ccc(-c4ccc(-c5cccc6ccccc56)cc4)cc3)c3ccc(-c4ccc5c(c4)C(c4ccccc4)(c4ccccc4)c4ccccc4-5)cc3)c3c2sc2ccccc23)cc1. The molecule has 0 aliphatic heterocycles. The van der Waals surface area contributed by atoms with Gasteiger partial charge in [0.05, 0.1) is 11.1 Å². The van der Waals surface area contributed by atoms with Crippen molar-refractivity contribution >= 4 is 59.3 Å². The fraction of sp³-hybridized carbons (Fsp3) is 0.0141. The summed E-state index contributed by atoms with van der Waals surface area (Å²) in [5.41, 5.74) is 20.3. The van der Waals surface area contributed by atoms with Gasteiger partial charge in [0.1, 0.15) is 0 Å². The molecule has 12 aromatic carbocycles. The highest BCUT2D eigenvalue weighted by atomic mass is 32.1. The van der Waals surface area contributed by atoms with Gasteiger partial charge in [0.15, 0.2) is 0 Å². The number of nitrogens with zero attached hydrogens (tertiary/aromatic N) is 1. The average Bonchev–Trinajstić information content (AvgIpc) is 4.01. The van der Waals surface area contributed by atoms with Gasteiger partial charge in [-0.3, -0.25) is 0 Å². The molecule has 0 saturated carbocycles. The van der Waals surface area contributed by atoms with E-state index >= 15 is 0 Å². The van der Waals surface area contributed by atoms with Crippen molar-refractivity contribution < 1.29 is 0 Å². The molecular formula is C71H47NS. The first kappa shape index (κ1) is 42.8. The predicted molar refractivity (Wildman–Crippen MR) is 311 cm³/mol. The monoisotopic (exact) mass is 945 g/mol. The Labute approximate surface area is 430 Å². The van der Waals surface area contributed by atoms with Crippen LogP contribution in [0.2, 0.25) is 0 Å². The van der Waals surface area contributed by atoms with Gasteiger partial charge in [-0.05, 0) is 131 Å². The molecule has 0 N–H and O–H groups in total. The number of fused-ring (bicyclic) bond motifs is 7. The highest BCUT2D eigenvalue weighted by molar-refractivity contribution is 7.26. The van der Waals surface area contributed by atoms with Gasteiger partial charge in [-0.2, -0.15) is 0 Å². The van der Waals surface area contributed by atoms with Crippen LogP contribution in [0.4, 0.5) is 17.1 Å². The second-order valence-corrected chi connectivity index (χ2v) is 20.2. The standard InChI is InChI=1S/C71H47NS/c1-4-17-52(18-5-1)61-45-46-67(69-64-27-13-15-30-68(64)73-70(61)69)72(57-40-35-49(36-41-57)48-31-33-53(34-32-48)60-28-16-20-51-19-10-11-25-59(51)60)58-42-37-50(38-43-58)54-39-44-63-62-26-12-14-29-65(62)71(66(63)47-54,55-21-6-2-7-22-55)56-23-8-3-9-24-56/h1-47H. The van der Waals surface area contributed by atoms with Crippen molar-refractivity contribution in [1.82, 2.24) is 0 Å². The minimum atomic E-state index is -0.465. The number of hydrogen-bond acceptors (Lipinski definition) is 2. The second kappa shape index (κ2) is 17.6. The van der Waals surface area contributed by atoms with E-state index in [0.717, 1.165) is 17.1 Å². The molecule has 1 aliphatic rings. The van der Waals surface area contributed by atoms with Gasteiger partial charge in [-0.25, -0.2) is 0 Å². The van der Waals surface area contributed by atoms with Crippen LogP contribution in [0.3, 0.4) is 0 Å². The van der Waals surface area contributed by atoms with Crippen molar-refractivity contribution in [3.05, 3.63) is 307 Å². The average molecular weight is 946 g/mol. The Balaban J connectivity index is 0.896. The molecule has 0 bridgehead atoms. The van der Waals surface area contributed by atoms with Crippen LogP contribution in [0.1, 0.15) is 22.3 Å². The minimum absolute atomic E-state index is 0.465. The van der Waals surface area contributed by atoms with Crippen LogP contribution in [0.15, 0.2) is 285 Å². The lowest BCUT2D eigenvalue weighted by atomic mass is 9.67. The minimum Gasteiger partial charge on any atom is -0.310 e. The maximum absolute atomic E-state index is 2.46. The Morgan fingerprint density at radius 3 is 1.48 bits per heavy atom. The van der Waals surface area contributed by atoms with Gasteiger partial charge >= 0.3 is 0 Å². The van der Waals surface area contributed by atoms with Crippen LogP contribution >= 0.6 is 11.3 Å². The Kier molecular flexibility index (Phi) is 10.3. The van der Waals surface area contributed by atoms with E-state index in [0.29, 0.717) is 0 Å². The Hall–Kier alpha value is -9.08. The second-order valence-electron chi connectivity index (χ2n) is 19.1. The first-order valence-corrected chi connectivity index (χ1v) is 26.0. The number of hydrogen-bond donors (Lipinski definition) is 0. The van der Waals surface area contributed by atoms with E-state index < -0.39 is 5.41 Å². The third-order valence-corrected chi connectivity index (χ3v) is 16.4. The highest BCUT2D eigenvalue weighted by Gasteiger charge is 2.46. The van der Waals surface area contributed by atoms with Gasteiger partial charge in [0, 0.05) is 31.5 Å². The molecule has 0 amide bonds. The summed E-state index contributed by atoms with van der Waals surface area (Å²) in [6.45, 7) is 0. The Morgan fingerprint density at radius 1 is 0.301 bits per heavy atom. The van der Waals surface area contributed by atoms with E-state index in [1.54, 1.807) is 0 Å². The van der Waals surface area contributed by atoms with E-state index in [-0.39, 0.29) is 0 Å². The van der Waals surface area contributed by atoms with Gasteiger partial charge < -0.3 is 4.90 Å². The molecule has 1 aromatic heterocycles. The summed E-state index contributed by atoms with van der Waals surface area (Å²) < 4.78 is 2.56. The fourth-order valence-corrected chi connectivity index (χ4v) is 13.1. The molecule has 0 radical (unpaired) electrons. The van der Waals surface area contributed by atoms with Crippen molar-refractivity contribution in [2.24, 2.45) is 0 Å². The maximum atomic E-state index is 2.46. The normalized spacial score (nSPS) is 12.5. The van der Waals surface area contributed by atoms with Gasteiger partial charge in [0.25, 0.3) is 0 Å². The lowest BCUT2D eigenvalue weighted by Gasteiger charge is -2.34. The molecule has 0 spiro atoms. The fourth-order valence-electron chi connectivity index (χ4n) is 11.8. The van der Waals surface area contributed by atoms with Gasteiger partial charge in [-0.1, -0.05) is 243 Å². The third kappa shape index (κ3) is 7.06. The number of thiophene rings is 1. The van der Waals surface area contributed by atoms with Gasteiger partial charge in [0.2, 0.25) is 0 Å². The largest absolute Gasteiger partial charge is 0.310 e. The number of anilines is 3. The smallest absolute Gasteiger partial charge is 0.0713 e. The quantitative estimate of drug-likeness (QED) is 0.139. The van der Waals surface area contributed by atoms with E-state index in [1.807, 2.05) is 11.3 Å². The van der Waals surface area contributed by atoms with Crippen LogP contribution in [0.5, 0.6) is 0 Å². The van der Waals surface area contributed by atoms with E-state index in [1.165, 1.54) is 109 Å². The van der Waals surface area contributed by atoms with Crippen molar-refractivity contribution in [1.29, 1.82) is 0 Å². The van der Waals surface area contributed by atoms with Crippen LogP contribution in [0, 0.1) is 0 Å². The van der Waals surface area contributed by atoms with E-state index in [9.17, 15) is 0 Å². The zero-order valence-electron chi connectivity index (χ0n) is 40.0. The summed E-state index contributed by atoms with van der Waals surface area (Å²) in [6, 6.07) is 105. The molecule has 2 heteroatoms.